The van der Waals surface area contributed by atoms with E-state index in [9.17, 15) is 9.50 Å². The molecule has 0 bridgehead atoms. The molecule has 0 saturated heterocycles. The van der Waals surface area contributed by atoms with Crippen LogP contribution in [0, 0.1) is 5.82 Å². The molecular formula is C14H20FNO. The minimum Gasteiger partial charge on any atom is -0.389 e. The number of allylic oxidation sites excluding steroid dienone is 1. The monoisotopic (exact) mass is 237 g/mol. The average molecular weight is 237 g/mol. The number of anilines is 1. The fourth-order valence-corrected chi connectivity index (χ4v) is 1.87. The molecule has 17 heavy (non-hydrogen) atoms. The Bertz CT molecular complexity index is 376. The van der Waals surface area contributed by atoms with Crippen molar-refractivity contribution in [1.29, 1.82) is 0 Å². The van der Waals surface area contributed by atoms with Crippen LogP contribution in [-0.4, -0.2) is 18.7 Å². The Kier molecular flexibility index (Phi) is 5.16. The molecule has 3 heteroatoms. The summed E-state index contributed by atoms with van der Waals surface area (Å²) in [4.78, 5) is 1.97. The molecule has 1 atom stereocenters. The first-order valence-corrected chi connectivity index (χ1v) is 5.86. The van der Waals surface area contributed by atoms with Crippen molar-refractivity contribution in [1.82, 2.24) is 0 Å². The third-order valence-electron chi connectivity index (χ3n) is 2.76. The van der Waals surface area contributed by atoms with Crippen LogP contribution >= 0.6 is 0 Å². The second-order valence-corrected chi connectivity index (χ2v) is 4.20. The van der Waals surface area contributed by atoms with Gasteiger partial charge in [-0.3, -0.25) is 0 Å². The fourth-order valence-electron chi connectivity index (χ4n) is 1.87. The number of hydrogen-bond donors (Lipinski definition) is 1. The van der Waals surface area contributed by atoms with E-state index in [0.29, 0.717) is 5.56 Å². The van der Waals surface area contributed by atoms with E-state index in [-0.39, 0.29) is 5.82 Å². The lowest BCUT2D eigenvalue weighted by Crippen LogP contribution is -2.21. The van der Waals surface area contributed by atoms with Gasteiger partial charge < -0.3 is 10.0 Å². The summed E-state index contributed by atoms with van der Waals surface area (Å²) >= 11 is 0. The Labute approximate surface area is 102 Å². The second-order valence-electron chi connectivity index (χ2n) is 4.20. The number of rotatable bonds is 6. The molecule has 94 valence electrons. The van der Waals surface area contributed by atoms with Gasteiger partial charge in [0.05, 0.1) is 6.10 Å². The lowest BCUT2D eigenvalue weighted by atomic mass is 10.1. The van der Waals surface area contributed by atoms with Crippen LogP contribution in [0.3, 0.4) is 0 Å². The van der Waals surface area contributed by atoms with Crippen LogP contribution in [0.15, 0.2) is 30.9 Å². The fraction of sp³-hybridized carbons (Fsp3) is 0.429. The molecule has 0 radical (unpaired) electrons. The largest absolute Gasteiger partial charge is 0.389 e. The van der Waals surface area contributed by atoms with E-state index >= 15 is 0 Å². The topological polar surface area (TPSA) is 23.5 Å². The van der Waals surface area contributed by atoms with E-state index in [4.69, 9.17) is 0 Å². The van der Waals surface area contributed by atoms with Crippen molar-refractivity contribution >= 4 is 5.69 Å². The third kappa shape index (κ3) is 3.56. The minimum absolute atomic E-state index is 0.354. The van der Waals surface area contributed by atoms with E-state index in [2.05, 4.69) is 6.58 Å². The molecule has 2 nitrogen and oxygen atoms in total. The van der Waals surface area contributed by atoms with Crippen LogP contribution in [0.25, 0.3) is 0 Å². The zero-order chi connectivity index (χ0) is 12.8. The van der Waals surface area contributed by atoms with Gasteiger partial charge in [-0.15, -0.1) is 6.58 Å². The van der Waals surface area contributed by atoms with E-state index in [1.807, 2.05) is 24.1 Å². The van der Waals surface area contributed by atoms with Gasteiger partial charge in [-0.2, -0.15) is 0 Å². The highest BCUT2D eigenvalue weighted by Crippen LogP contribution is 2.28. The molecule has 0 amide bonds. The maximum atomic E-state index is 13.6. The summed E-state index contributed by atoms with van der Waals surface area (Å²) < 4.78 is 13.6. The molecule has 1 aromatic carbocycles. The Morgan fingerprint density at radius 1 is 1.53 bits per heavy atom. The molecule has 0 aromatic heterocycles. The van der Waals surface area contributed by atoms with Gasteiger partial charge >= 0.3 is 0 Å². The Morgan fingerprint density at radius 3 is 2.82 bits per heavy atom. The van der Waals surface area contributed by atoms with E-state index < -0.39 is 6.10 Å². The van der Waals surface area contributed by atoms with Gasteiger partial charge in [0.2, 0.25) is 0 Å². The third-order valence-corrected chi connectivity index (χ3v) is 2.76. The maximum absolute atomic E-state index is 13.6. The standard InChI is InChI=1S/C14H20FNO/c1-4-5-6-10-16(3)13-9-7-8-12(15)14(13)11(2)17/h4,7-9,11,17H,1,5-6,10H2,2-3H3/t11-/m1/s1. The molecule has 1 rings (SSSR count). The quantitative estimate of drug-likeness (QED) is 0.606. The molecule has 0 aliphatic rings. The molecular weight excluding hydrogens is 217 g/mol. The zero-order valence-corrected chi connectivity index (χ0v) is 10.5. The first-order valence-electron chi connectivity index (χ1n) is 5.86. The Hall–Kier alpha value is -1.35. The first-order chi connectivity index (χ1) is 8.07. The number of nitrogens with zero attached hydrogens (tertiary/aromatic N) is 1. The summed E-state index contributed by atoms with van der Waals surface area (Å²) in [6, 6.07) is 4.88. The van der Waals surface area contributed by atoms with Crippen molar-refractivity contribution in [3.63, 3.8) is 0 Å². The van der Waals surface area contributed by atoms with Crippen molar-refractivity contribution < 1.29 is 9.50 Å². The van der Waals surface area contributed by atoms with Crippen molar-refractivity contribution in [2.45, 2.75) is 25.9 Å². The zero-order valence-electron chi connectivity index (χ0n) is 10.5. The SMILES string of the molecule is C=CCCCN(C)c1cccc(F)c1[C@@H](C)O. The van der Waals surface area contributed by atoms with Crippen molar-refractivity contribution in [2.75, 3.05) is 18.5 Å². The van der Waals surface area contributed by atoms with E-state index in [1.165, 1.54) is 6.07 Å². The molecule has 0 fully saturated rings. The van der Waals surface area contributed by atoms with Crippen molar-refractivity contribution in [3.05, 3.63) is 42.2 Å². The smallest absolute Gasteiger partial charge is 0.131 e. The van der Waals surface area contributed by atoms with Gasteiger partial charge in [0.1, 0.15) is 5.82 Å². The molecule has 1 aromatic rings. The van der Waals surface area contributed by atoms with Gasteiger partial charge in [-0.25, -0.2) is 4.39 Å². The van der Waals surface area contributed by atoms with Gasteiger partial charge in [-0.1, -0.05) is 12.1 Å². The van der Waals surface area contributed by atoms with Crippen molar-refractivity contribution in [2.24, 2.45) is 0 Å². The van der Waals surface area contributed by atoms with Gasteiger partial charge in [-0.05, 0) is 31.9 Å². The predicted octanol–water partition coefficient (Wildman–Crippen LogP) is 3.28. The molecule has 0 heterocycles. The second kappa shape index (κ2) is 6.40. The lowest BCUT2D eigenvalue weighted by molar-refractivity contribution is 0.194. The Morgan fingerprint density at radius 2 is 2.24 bits per heavy atom. The molecule has 0 saturated carbocycles. The number of aliphatic hydroxyl groups excluding tert-OH is 1. The van der Waals surface area contributed by atoms with Crippen LogP contribution in [0.4, 0.5) is 10.1 Å². The van der Waals surface area contributed by atoms with Crippen LogP contribution < -0.4 is 4.90 Å². The van der Waals surface area contributed by atoms with Gasteiger partial charge in [0, 0.05) is 24.8 Å². The minimum atomic E-state index is -0.798. The van der Waals surface area contributed by atoms with Gasteiger partial charge in [0.25, 0.3) is 0 Å². The maximum Gasteiger partial charge on any atom is 0.131 e. The summed E-state index contributed by atoms with van der Waals surface area (Å²) in [6.45, 7) is 6.07. The van der Waals surface area contributed by atoms with Crippen LogP contribution in [0.2, 0.25) is 0 Å². The van der Waals surface area contributed by atoms with E-state index in [0.717, 1.165) is 25.1 Å². The number of hydrogen-bond acceptors (Lipinski definition) is 2. The van der Waals surface area contributed by atoms with Gasteiger partial charge in [0.15, 0.2) is 0 Å². The van der Waals surface area contributed by atoms with Crippen LogP contribution in [-0.2, 0) is 0 Å². The number of unbranched alkanes of at least 4 members (excludes halogenated alkanes) is 1. The predicted molar refractivity (Wildman–Crippen MR) is 69.7 cm³/mol. The summed E-state index contributed by atoms with van der Waals surface area (Å²) in [6.07, 6.45) is 2.97. The van der Waals surface area contributed by atoms with E-state index in [1.54, 1.807) is 13.0 Å². The number of benzene rings is 1. The first kappa shape index (κ1) is 13.7. The number of halogens is 1. The van der Waals surface area contributed by atoms with Crippen LogP contribution in [0.1, 0.15) is 31.4 Å². The molecule has 0 unspecified atom stereocenters. The van der Waals surface area contributed by atoms with Crippen molar-refractivity contribution in [3.8, 4) is 0 Å². The average Bonchev–Trinajstić information content (AvgIpc) is 2.28. The molecule has 0 aliphatic carbocycles. The normalized spacial score (nSPS) is 12.2. The summed E-state index contributed by atoms with van der Waals surface area (Å²) in [5, 5.41) is 9.62. The molecule has 0 spiro atoms. The number of aliphatic hydroxyl groups is 1. The lowest BCUT2D eigenvalue weighted by Gasteiger charge is -2.23. The highest BCUT2D eigenvalue weighted by molar-refractivity contribution is 5.54. The molecule has 1 N–H and O–H groups in total. The Balaban J connectivity index is 2.88. The summed E-state index contributed by atoms with van der Waals surface area (Å²) in [5.41, 5.74) is 1.12. The highest BCUT2D eigenvalue weighted by atomic mass is 19.1. The van der Waals surface area contributed by atoms with Crippen LogP contribution in [0.5, 0.6) is 0 Å². The summed E-state index contributed by atoms with van der Waals surface area (Å²) in [7, 11) is 1.91. The summed E-state index contributed by atoms with van der Waals surface area (Å²) in [5.74, 6) is -0.354. The molecule has 0 aliphatic heterocycles. The highest BCUT2D eigenvalue weighted by Gasteiger charge is 2.15.